The highest BCUT2D eigenvalue weighted by atomic mass is 16.7. The van der Waals surface area contributed by atoms with E-state index in [1.165, 1.54) is 0 Å². The topological polar surface area (TPSA) is 93.1 Å². The molecule has 0 unspecified atom stereocenters. The number of benzene rings is 2. The summed E-state index contributed by atoms with van der Waals surface area (Å²) < 4.78 is 10.7. The third kappa shape index (κ3) is 3.23. The number of carboxylic acid groups (broad SMARTS) is 2. The van der Waals surface area contributed by atoms with Crippen molar-refractivity contribution in [2.45, 2.75) is 0 Å². The summed E-state index contributed by atoms with van der Waals surface area (Å²) in [6.45, 7) is -0.252. The van der Waals surface area contributed by atoms with Crippen molar-refractivity contribution in [3.8, 4) is 0 Å². The van der Waals surface area contributed by atoms with Gasteiger partial charge in [-0.05, 0) is 11.1 Å². The molecule has 0 aliphatic carbocycles. The Bertz CT molecular complexity index is 792. The summed E-state index contributed by atoms with van der Waals surface area (Å²) in [6, 6.07) is 16.7. The summed E-state index contributed by atoms with van der Waals surface area (Å²) >= 11 is 0. The molecule has 126 valence electrons. The van der Waals surface area contributed by atoms with Crippen LogP contribution in [0.25, 0.3) is 11.1 Å². The quantitative estimate of drug-likeness (QED) is 0.833. The van der Waals surface area contributed by atoms with Crippen LogP contribution < -0.4 is 0 Å². The fourth-order valence-corrected chi connectivity index (χ4v) is 2.56. The lowest BCUT2D eigenvalue weighted by Gasteiger charge is -2.09. The third-order valence-corrected chi connectivity index (χ3v) is 3.62. The van der Waals surface area contributed by atoms with E-state index in [1.54, 1.807) is 60.7 Å². The average molecular weight is 338 g/mol. The average Bonchev–Trinajstić information content (AvgIpc) is 3.05. The molecule has 0 aromatic heterocycles. The third-order valence-electron chi connectivity index (χ3n) is 3.62. The largest absolute Gasteiger partial charge is 0.478 e. The van der Waals surface area contributed by atoms with Crippen molar-refractivity contribution >= 4 is 23.1 Å². The fraction of sp³-hybridized carbons (Fsp3) is 0.0526. The van der Waals surface area contributed by atoms with Gasteiger partial charge >= 0.3 is 11.9 Å². The second kappa shape index (κ2) is 6.92. The van der Waals surface area contributed by atoms with Crippen molar-refractivity contribution in [1.29, 1.82) is 0 Å². The van der Waals surface area contributed by atoms with Gasteiger partial charge in [-0.2, -0.15) is 0 Å². The molecule has 1 aliphatic heterocycles. The first-order chi connectivity index (χ1) is 12.1. The van der Waals surface area contributed by atoms with E-state index in [2.05, 4.69) is 0 Å². The molecule has 2 aromatic carbocycles. The van der Waals surface area contributed by atoms with Gasteiger partial charge in [-0.15, -0.1) is 0 Å². The molecule has 25 heavy (non-hydrogen) atoms. The monoisotopic (exact) mass is 338 g/mol. The number of carbonyl (C=O) groups is 2. The second-order valence-corrected chi connectivity index (χ2v) is 5.16. The lowest BCUT2D eigenvalue weighted by Crippen LogP contribution is -2.08. The molecule has 1 aliphatic rings. The molecule has 1 fully saturated rings. The Morgan fingerprint density at radius 2 is 1.04 bits per heavy atom. The molecule has 3 rings (SSSR count). The highest BCUT2D eigenvalue weighted by Crippen LogP contribution is 2.35. The molecule has 0 atom stereocenters. The number of aliphatic carboxylic acids is 2. The van der Waals surface area contributed by atoms with Gasteiger partial charge in [-0.1, -0.05) is 60.7 Å². The van der Waals surface area contributed by atoms with Crippen LogP contribution in [0.2, 0.25) is 0 Å². The van der Waals surface area contributed by atoms with Gasteiger partial charge in [0.25, 0.3) is 0 Å². The SMILES string of the molecule is O=C(O)/C(=C1\OCO\C1=C(/C(=O)O)c1ccccc1)c1ccccc1. The predicted molar refractivity (Wildman–Crippen MR) is 89.0 cm³/mol. The Labute approximate surface area is 143 Å². The molecular weight excluding hydrogens is 324 g/mol. The molecule has 2 N–H and O–H groups in total. The lowest BCUT2D eigenvalue weighted by molar-refractivity contribution is -0.131. The molecule has 6 heteroatoms. The van der Waals surface area contributed by atoms with Gasteiger partial charge in [0, 0.05) is 0 Å². The Morgan fingerprint density at radius 3 is 1.36 bits per heavy atom. The zero-order chi connectivity index (χ0) is 17.8. The number of ether oxygens (including phenoxy) is 2. The van der Waals surface area contributed by atoms with Crippen molar-refractivity contribution in [3.05, 3.63) is 83.3 Å². The number of carboxylic acids is 2. The predicted octanol–water partition coefficient (Wildman–Crippen LogP) is 2.98. The van der Waals surface area contributed by atoms with Crippen LogP contribution in [-0.2, 0) is 19.1 Å². The molecule has 0 amide bonds. The highest BCUT2D eigenvalue weighted by Gasteiger charge is 2.32. The number of hydrogen-bond donors (Lipinski definition) is 2. The van der Waals surface area contributed by atoms with Gasteiger partial charge in [0.1, 0.15) is 11.1 Å². The zero-order valence-electron chi connectivity index (χ0n) is 13.0. The standard InChI is InChI=1S/C19H14O6/c20-18(21)14(12-7-3-1-4-8-12)16-17(25-11-24-16)15(19(22)23)13-9-5-2-6-10-13/h1-10H,11H2,(H,20,21)(H,22,23)/b16-14-,17-15-. The van der Waals surface area contributed by atoms with Crippen molar-refractivity contribution in [1.82, 2.24) is 0 Å². The summed E-state index contributed by atoms with van der Waals surface area (Å²) in [5.74, 6) is -2.66. The Morgan fingerprint density at radius 1 is 0.680 bits per heavy atom. The van der Waals surface area contributed by atoms with E-state index in [4.69, 9.17) is 9.47 Å². The van der Waals surface area contributed by atoms with Crippen molar-refractivity contribution < 1.29 is 29.3 Å². The van der Waals surface area contributed by atoms with Gasteiger partial charge < -0.3 is 19.7 Å². The molecule has 1 saturated heterocycles. The van der Waals surface area contributed by atoms with Crippen LogP contribution in [0.15, 0.2) is 72.2 Å². The molecule has 0 bridgehead atoms. The number of rotatable bonds is 4. The first kappa shape index (κ1) is 16.3. The van der Waals surface area contributed by atoms with Gasteiger partial charge in [-0.3, -0.25) is 0 Å². The summed E-state index contributed by atoms with van der Waals surface area (Å²) in [5, 5.41) is 19.3. The highest BCUT2D eigenvalue weighted by molar-refractivity contribution is 6.20. The maximum atomic E-state index is 11.8. The first-order valence-corrected chi connectivity index (χ1v) is 7.41. The van der Waals surface area contributed by atoms with Crippen LogP contribution in [0.3, 0.4) is 0 Å². The Kier molecular flexibility index (Phi) is 4.52. The summed E-state index contributed by atoms with van der Waals surface area (Å²) in [5.41, 5.74) is 0.488. The molecular formula is C19H14O6. The fourth-order valence-electron chi connectivity index (χ4n) is 2.56. The molecule has 0 saturated carbocycles. The van der Waals surface area contributed by atoms with Crippen LogP contribution in [0.4, 0.5) is 0 Å². The summed E-state index contributed by atoms with van der Waals surface area (Å²) in [6.07, 6.45) is 0. The Hall–Kier alpha value is -3.54. The molecule has 0 radical (unpaired) electrons. The number of hydrogen-bond acceptors (Lipinski definition) is 4. The van der Waals surface area contributed by atoms with Crippen molar-refractivity contribution in [2.24, 2.45) is 0 Å². The summed E-state index contributed by atoms with van der Waals surface area (Å²) in [4.78, 5) is 23.6. The van der Waals surface area contributed by atoms with E-state index in [-0.39, 0.29) is 29.5 Å². The van der Waals surface area contributed by atoms with E-state index in [9.17, 15) is 19.8 Å². The molecule has 2 aromatic rings. The maximum absolute atomic E-state index is 11.8. The van der Waals surface area contributed by atoms with Crippen molar-refractivity contribution in [3.63, 3.8) is 0 Å². The van der Waals surface area contributed by atoms with E-state index < -0.39 is 11.9 Å². The van der Waals surface area contributed by atoms with E-state index in [0.717, 1.165) is 0 Å². The summed E-state index contributed by atoms with van der Waals surface area (Å²) in [7, 11) is 0. The molecule has 6 nitrogen and oxygen atoms in total. The second-order valence-electron chi connectivity index (χ2n) is 5.16. The van der Waals surface area contributed by atoms with E-state index in [0.29, 0.717) is 11.1 Å². The Balaban J connectivity index is 2.27. The van der Waals surface area contributed by atoms with Gasteiger partial charge in [0.05, 0.1) is 0 Å². The van der Waals surface area contributed by atoms with Crippen LogP contribution >= 0.6 is 0 Å². The smallest absolute Gasteiger partial charge is 0.340 e. The van der Waals surface area contributed by atoms with Gasteiger partial charge in [-0.25, -0.2) is 9.59 Å². The minimum absolute atomic E-state index is 0.0973. The van der Waals surface area contributed by atoms with Crippen molar-refractivity contribution in [2.75, 3.05) is 6.79 Å². The van der Waals surface area contributed by atoms with Gasteiger partial charge in [0.2, 0.25) is 6.79 Å². The van der Waals surface area contributed by atoms with E-state index in [1.807, 2.05) is 0 Å². The lowest BCUT2D eigenvalue weighted by atomic mass is 9.99. The minimum atomic E-state index is -1.23. The van der Waals surface area contributed by atoms with Crippen LogP contribution in [0, 0.1) is 0 Å². The van der Waals surface area contributed by atoms with Crippen LogP contribution in [-0.4, -0.2) is 28.9 Å². The molecule has 1 heterocycles. The van der Waals surface area contributed by atoms with Crippen LogP contribution in [0.5, 0.6) is 0 Å². The maximum Gasteiger partial charge on any atom is 0.340 e. The normalized spacial score (nSPS) is 17.3. The zero-order valence-corrected chi connectivity index (χ0v) is 13.0. The van der Waals surface area contributed by atoms with Crippen LogP contribution in [0.1, 0.15) is 11.1 Å². The molecule has 0 spiro atoms. The van der Waals surface area contributed by atoms with E-state index >= 15 is 0 Å². The van der Waals surface area contributed by atoms with Gasteiger partial charge in [0.15, 0.2) is 11.5 Å². The minimum Gasteiger partial charge on any atom is -0.478 e. The first-order valence-electron chi connectivity index (χ1n) is 7.41.